The van der Waals surface area contributed by atoms with Crippen LogP contribution < -0.4 is 0 Å². The van der Waals surface area contributed by atoms with Crippen molar-refractivity contribution in [2.45, 2.75) is 70.6 Å². The van der Waals surface area contributed by atoms with Gasteiger partial charge in [-0.25, -0.2) is 4.98 Å². The number of carbonyl (C=O) groups is 2. The molecule has 1 amide bonds. The second-order valence-electron chi connectivity index (χ2n) is 7.68. The van der Waals surface area contributed by atoms with Gasteiger partial charge in [0, 0.05) is 25.9 Å². The molecule has 2 heterocycles. The molecule has 0 bridgehead atoms. The second-order valence-corrected chi connectivity index (χ2v) is 7.68. The van der Waals surface area contributed by atoms with Gasteiger partial charge >= 0.3 is 0 Å². The van der Waals surface area contributed by atoms with Gasteiger partial charge in [0.05, 0.1) is 6.20 Å². The summed E-state index contributed by atoms with van der Waals surface area (Å²) in [6, 6.07) is 0. The van der Waals surface area contributed by atoms with Gasteiger partial charge in [-0.05, 0) is 50.4 Å². The number of carbonyl (C=O) groups excluding carboxylic acids is 2. The Morgan fingerprint density at radius 3 is 2.52 bits per heavy atom. The monoisotopic (exact) mass is 346 g/mol. The van der Waals surface area contributed by atoms with Gasteiger partial charge in [-0.15, -0.1) is 0 Å². The van der Waals surface area contributed by atoms with E-state index in [-0.39, 0.29) is 11.7 Å². The molecule has 0 unspecified atom stereocenters. The van der Waals surface area contributed by atoms with E-state index in [0.717, 1.165) is 45.2 Å². The van der Waals surface area contributed by atoms with Crippen molar-refractivity contribution < 1.29 is 14.0 Å². The summed E-state index contributed by atoms with van der Waals surface area (Å²) in [5.74, 6) is 1.84. The van der Waals surface area contributed by atoms with Crippen molar-refractivity contribution in [3.8, 4) is 0 Å². The van der Waals surface area contributed by atoms with Crippen molar-refractivity contribution in [1.82, 2.24) is 9.88 Å². The van der Waals surface area contributed by atoms with Crippen molar-refractivity contribution in [3.63, 3.8) is 0 Å². The standard InChI is InChI=1S/C20H30N2O3/c23-18(20-21-11-14-25-20)8-4-7-16-9-12-22(13-10-16)19(24)15-17-5-2-1-3-6-17/h11,14,16-17H,1-10,12-13,15H2. The van der Waals surface area contributed by atoms with Crippen LogP contribution >= 0.6 is 0 Å². The number of ketones is 1. The lowest BCUT2D eigenvalue weighted by Gasteiger charge is -2.33. The van der Waals surface area contributed by atoms with Crippen LogP contribution in [0.1, 0.15) is 81.3 Å². The van der Waals surface area contributed by atoms with E-state index in [0.29, 0.717) is 24.2 Å². The van der Waals surface area contributed by atoms with Gasteiger partial charge in [-0.1, -0.05) is 19.3 Å². The third-order valence-corrected chi connectivity index (χ3v) is 5.84. The average Bonchev–Trinajstić information content (AvgIpc) is 3.18. The average molecular weight is 346 g/mol. The molecule has 0 aromatic carbocycles. The third-order valence-electron chi connectivity index (χ3n) is 5.84. The summed E-state index contributed by atoms with van der Waals surface area (Å²) in [6.07, 6.45) is 14.7. The van der Waals surface area contributed by atoms with E-state index in [1.54, 1.807) is 0 Å². The van der Waals surface area contributed by atoms with Crippen molar-refractivity contribution in [2.75, 3.05) is 13.1 Å². The Morgan fingerprint density at radius 2 is 1.84 bits per heavy atom. The molecular weight excluding hydrogens is 316 g/mol. The lowest BCUT2D eigenvalue weighted by atomic mass is 9.86. The molecule has 1 aromatic heterocycles. The molecule has 2 fully saturated rings. The Balaban J connectivity index is 1.31. The van der Waals surface area contributed by atoms with Crippen LogP contribution in [0.3, 0.4) is 0 Å². The molecule has 1 aliphatic heterocycles. The Hall–Kier alpha value is -1.65. The number of oxazole rings is 1. The summed E-state index contributed by atoms with van der Waals surface area (Å²) in [4.78, 5) is 30.3. The molecule has 1 aromatic rings. The number of piperidine rings is 1. The van der Waals surface area contributed by atoms with Crippen molar-refractivity contribution in [2.24, 2.45) is 11.8 Å². The molecule has 138 valence electrons. The summed E-state index contributed by atoms with van der Waals surface area (Å²) < 4.78 is 5.04. The van der Waals surface area contributed by atoms with Gasteiger partial charge in [-0.2, -0.15) is 0 Å². The molecule has 0 atom stereocenters. The first-order chi connectivity index (χ1) is 12.2. The number of hydrogen-bond donors (Lipinski definition) is 0. The number of Topliss-reactive ketones (excluding diaryl/α,β-unsaturated/α-hetero) is 1. The lowest BCUT2D eigenvalue weighted by molar-refractivity contribution is -0.133. The number of hydrogen-bond acceptors (Lipinski definition) is 4. The van der Waals surface area contributed by atoms with E-state index >= 15 is 0 Å². The van der Waals surface area contributed by atoms with E-state index in [9.17, 15) is 9.59 Å². The Kier molecular flexibility index (Phi) is 6.65. The summed E-state index contributed by atoms with van der Waals surface area (Å²) in [5, 5.41) is 0. The van der Waals surface area contributed by atoms with Crippen LogP contribution in [0.4, 0.5) is 0 Å². The molecular formula is C20H30N2O3. The van der Waals surface area contributed by atoms with E-state index < -0.39 is 0 Å². The highest BCUT2D eigenvalue weighted by atomic mass is 16.3. The number of likely N-dealkylation sites (tertiary alicyclic amines) is 1. The van der Waals surface area contributed by atoms with E-state index in [2.05, 4.69) is 9.88 Å². The number of rotatable bonds is 7. The Bertz CT molecular complexity index is 541. The normalized spacial score (nSPS) is 19.9. The molecule has 5 nitrogen and oxygen atoms in total. The zero-order valence-electron chi connectivity index (χ0n) is 15.1. The molecule has 3 rings (SSSR count). The topological polar surface area (TPSA) is 63.4 Å². The molecule has 2 aliphatic rings. The van der Waals surface area contributed by atoms with Crippen LogP contribution in [0.2, 0.25) is 0 Å². The van der Waals surface area contributed by atoms with Crippen molar-refractivity contribution >= 4 is 11.7 Å². The van der Waals surface area contributed by atoms with Gasteiger partial charge in [0.2, 0.25) is 11.7 Å². The number of aromatic nitrogens is 1. The molecule has 1 saturated heterocycles. The van der Waals surface area contributed by atoms with Crippen LogP contribution in [0, 0.1) is 11.8 Å². The van der Waals surface area contributed by atoms with Crippen LogP contribution in [0.25, 0.3) is 0 Å². The fourth-order valence-corrected chi connectivity index (χ4v) is 4.26. The largest absolute Gasteiger partial charge is 0.442 e. The minimum absolute atomic E-state index is 0.00917. The predicted octanol–water partition coefficient (Wildman–Crippen LogP) is 4.24. The highest BCUT2D eigenvalue weighted by molar-refractivity contribution is 5.91. The summed E-state index contributed by atoms with van der Waals surface area (Å²) in [7, 11) is 0. The van der Waals surface area contributed by atoms with E-state index in [1.807, 2.05) is 0 Å². The molecule has 25 heavy (non-hydrogen) atoms. The fraction of sp³-hybridized carbons (Fsp3) is 0.750. The molecule has 5 heteroatoms. The van der Waals surface area contributed by atoms with Gasteiger partial charge in [0.1, 0.15) is 6.26 Å². The van der Waals surface area contributed by atoms with Crippen LogP contribution in [0.15, 0.2) is 16.9 Å². The highest BCUT2D eigenvalue weighted by Gasteiger charge is 2.25. The maximum Gasteiger partial charge on any atom is 0.263 e. The first-order valence-electron chi connectivity index (χ1n) is 9.93. The number of nitrogens with zero attached hydrogens (tertiary/aromatic N) is 2. The maximum absolute atomic E-state index is 12.5. The summed E-state index contributed by atoms with van der Waals surface area (Å²) >= 11 is 0. The van der Waals surface area contributed by atoms with Gasteiger partial charge < -0.3 is 9.32 Å². The molecule has 1 saturated carbocycles. The van der Waals surface area contributed by atoms with Crippen LogP contribution in [-0.4, -0.2) is 34.7 Å². The van der Waals surface area contributed by atoms with E-state index in [4.69, 9.17) is 4.42 Å². The van der Waals surface area contributed by atoms with Crippen molar-refractivity contribution in [3.05, 3.63) is 18.4 Å². The van der Waals surface area contributed by atoms with Gasteiger partial charge in [-0.3, -0.25) is 9.59 Å². The maximum atomic E-state index is 12.5. The first-order valence-corrected chi connectivity index (χ1v) is 9.93. The van der Waals surface area contributed by atoms with Gasteiger partial charge in [0.25, 0.3) is 5.89 Å². The second kappa shape index (κ2) is 9.16. The summed E-state index contributed by atoms with van der Waals surface area (Å²) in [5.41, 5.74) is 0. The third kappa shape index (κ3) is 5.41. The van der Waals surface area contributed by atoms with Crippen LogP contribution in [-0.2, 0) is 4.79 Å². The number of amides is 1. The highest BCUT2D eigenvalue weighted by Crippen LogP contribution is 2.28. The quantitative estimate of drug-likeness (QED) is 0.693. The smallest absolute Gasteiger partial charge is 0.263 e. The molecule has 0 N–H and O–H groups in total. The SMILES string of the molecule is O=C(CCCC1CCN(C(=O)CC2CCCCC2)CC1)c1ncco1. The Labute approximate surface area is 150 Å². The summed E-state index contributed by atoms with van der Waals surface area (Å²) in [6.45, 7) is 1.79. The lowest BCUT2D eigenvalue weighted by Crippen LogP contribution is -2.39. The minimum Gasteiger partial charge on any atom is -0.442 e. The van der Waals surface area contributed by atoms with Crippen molar-refractivity contribution in [1.29, 1.82) is 0 Å². The van der Waals surface area contributed by atoms with Crippen LogP contribution in [0.5, 0.6) is 0 Å². The predicted molar refractivity (Wildman–Crippen MR) is 95.2 cm³/mol. The first kappa shape index (κ1) is 18.2. The molecule has 0 radical (unpaired) electrons. The zero-order chi connectivity index (χ0) is 17.5. The molecule has 1 aliphatic carbocycles. The van der Waals surface area contributed by atoms with Gasteiger partial charge in [0.15, 0.2) is 0 Å². The zero-order valence-corrected chi connectivity index (χ0v) is 15.1. The molecule has 0 spiro atoms. The minimum atomic E-state index is -0.00917. The van der Waals surface area contributed by atoms with E-state index in [1.165, 1.54) is 44.6 Å². The fourth-order valence-electron chi connectivity index (χ4n) is 4.26. The Morgan fingerprint density at radius 1 is 1.08 bits per heavy atom.